The first-order valence-electron chi connectivity index (χ1n) is 8.53. The van der Waals surface area contributed by atoms with Crippen molar-refractivity contribution in [2.24, 2.45) is 0 Å². The van der Waals surface area contributed by atoms with Crippen LogP contribution in [0.25, 0.3) is 17.8 Å². The maximum Gasteiger partial charge on any atom is 0.273 e. The molecule has 0 amide bonds. The maximum atomic E-state index is 12.6. The molecule has 0 N–H and O–H groups in total. The summed E-state index contributed by atoms with van der Waals surface area (Å²) in [5.41, 5.74) is 3.09. The first-order valence-corrected chi connectivity index (χ1v) is 8.53. The van der Waals surface area contributed by atoms with Crippen molar-refractivity contribution >= 4 is 17.8 Å². The minimum absolute atomic E-state index is 0.126. The van der Waals surface area contributed by atoms with E-state index in [4.69, 9.17) is 4.74 Å². The largest absolute Gasteiger partial charge is 0.497 e. The molecule has 0 fully saturated rings. The third kappa shape index (κ3) is 3.64. The minimum Gasteiger partial charge on any atom is -0.497 e. The van der Waals surface area contributed by atoms with Gasteiger partial charge in [-0.15, -0.1) is 0 Å². The van der Waals surface area contributed by atoms with Crippen LogP contribution in [0.3, 0.4) is 0 Å². The van der Waals surface area contributed by atoms with Crippen LogP contribution >= 0.6 is 0 Å². The van der Waals surface area contributed by atoms with Crippen LogP contribution in [0.4, 0.5) is 0 Å². The second kappa shape index (κ2) is 7.29. The quantitative estimate of drug-likeness (QED) is 0.550. The molecule has 27 heavy (non-hydrogen) atoms. The van der Waals surface area contributed by atoms with E-state index in [2.05, 4.69) is 9.97 Å². The van der Waals surface area contributed by atoms with Crippen LogP contribution in [-0.4, -0.2) is 26.3 Å². The summed E-state index contributed by atoms with van der Waals surface area (Å²) < 4.78 is 8.67. The van der Waals surface area contributed by atoms with Gasteiger partial charge in [0.15, 0.2) is 5.65 Å². The number of aromatic nitrogens is 4. The van der Waals surface area contributed by atoms with E-state index in [9.17, 15) is 4.79 Å². The number of fused-ring (bicyclic) bond motifs is 1. The number of methoxy groups -OCH3 is 1. The van der Waals surface area contributed by atoms with E-state index in [0.717, 1.165) is 16.9 Å². The van der Waals surface area contributed by atoms with Crippen LogP contribution in [0.5, 0.6) is 5.75 Å². The molecule has 0 aliphatic rings. The Morgan fingerprint density at radius 3 is 2.85 bits per heavy atom. The molecule has 134 valence electrons. The molecule has 4 rings (SSSR count). The molecule has 0 spiro atoms. The van der Waals surface area contributed by atoms with Gasteiger partial charge in [-0.05, 0) is 35.4 Å². The summed E-state index contributed by atoms with van der Waals surface area (Å²) in [5, 5.41) is 0. The number of ether oxygens (including phenoxy) is 1. The number of hydrogen-bond acceptors (Lipinski definition) is 4. The van der Waals surface area contributed by atoms with E-state index >= 15 is 0 Å². The summed E-state index contributed by atoms with van der Waals surface area (Å²) >= 11 is 0. The van der Waals surface area contributed by atoms with Gasteiger partial charge in [0.25, 0.3) is 5.56 Å². The Morgan fingerprint density at radius 1 is 1.11 bits per heavy atom. The molecular weight excluding hydrogens is 340 g/mol. The first-order chi connectivity index (χ1) is 13.2. The molecule has 0 unspecified atom stereocenters. The predicted octanol–water partition coefficient (Wildman–Crippen LogP) is 3.12. The van der Waals surface area contributed by atoms with Crippen molar-refractivity contribution in [3.63, 3.8) is 0 Å². The van der Waals surface area contributed by atoms with Crippen LogP contribution in [0, 0.1) is 0 Å². The van der Waals surface area contributed by atoms with E-state index in [0.29, 0.717) is 17.9 Å². The Bertz CT molecular complexity index is 1160. The Kier molecular flexibility index (Phi) is 4.53. The summed E-state index contributed by atoms with van der Waals surface area (Å²) in [7, 11) is 1.64. The monoisotopic (exact) mass is 358 g/mol. The van der Waals surface area contributed by atoms with Crippen molar-refractivity contribution < 1.29 is 4.74 Å². The van der Waals surface area contributed by atoms with Crippen LogP contribution in [0.1, 0.15) is 16.8 Å². The SMILES string of the molecule is COc1cccc(Cn2ccc3nc(/C=C/c4cccnc4)cc(=O)n32)c1. The van der Waals surface area contributed by atoms with Crippen LogP contribution in [0.15, 0.2) is 71.9 Å². The van der Waals surface area contributed by atoms with Crippen LogP contribution in [0.2, 0.25) is 0 Å². The maximum absolute atomic E-state index is 12.6. The van der Waals surface area contributed by atoms with Gasteiger partial charge < -0.3 is 4.74 Å². The number of pyridine rings is 1. The van der Waals surface area contributed by atoms with Crippen molar-refractivity contribution in [3.05, 3.63) is 94.3 Å². The Morgan fingerprint density at radius 2 is 2.04 bits per heavy atom. The van der Waals surface area contributed by atoms with Gasteiger partial charge in [-0.2, -0.15) is 4.52 Å². The van der Waals surface area contributed by atoms with Gasteiger partial charge in [-0.3, -0.25) is 14.5 Å². The van der Waals surface area contributed by atoms with Gasteiger partial charge >= 0.3 is 0 Å². The molecular formula is C21H18N4O2. The smallest absolute Gasteiger partial charge is 0.273 e. The molecule has 0 aliphatic heterocycles. The zero-order valence-corrected chi connectivity index (χ0v) is 14.8. The lowest BCUT2D eigenvalue weighted by atomic mass is 10.2. The Hall–Kier alpha value is -3.67. The highest BCUT2D eigenvalue weighted by Crippen LogP contribution is 2.14. The van der Waals surface area contributed by atoms with E-state index in [1.807, 2.05) is 65.5 Å². The third-order valence-corrected chi connectivity index (χ3v) is 4.20. The zero-order valence-electron chi connectivity index (χ0n) is 14.8. The van der Waals surface area contributed by atoms with Gasteiger partial charge in [-0.1, -0.05) is 24.3 Å². The van der Waals surface area contributed by atoms with E-state index in [1.54, 1.807) is 24.0 Å². The third-order valence-electron chi connectivity index (χ3n) is 4.20. The lowest BCUT2D eigenvalue weighted by Gasteiger charge is -2.08. The highest BCUT2D eigenvalue weighted by molar-refractivity contribution is 5.68. The molecule has 4 aromatic rings. The highest BCUT2D eigenvalue weighted by Gasteiger charge is 2.07. The average Bonchev–Trinajstić information content (AvgIpc) is 3.10. The van der Waals surface area contributed by atoms with Gasteiger partial charge in [0.05, 0.1) is 19.3 Å². The summed E-state index contributed by atoms with van der Waals surface area (Å²) in [5.74, 6) is 0.789. The lowest BCUT2D eigenvalue weighted by Crippen LogP contribution is -2.21. The van der Waals surface area contributed by atoms with Crippen molar-refractivity contribution in [3.8, 4) is 5.75 Å². The Labute approximate surface area is 156 Å². The molecule has 0 aliphatic carbocycles. The number of benzene rings is 1. The highest BCUT2D eigenvalue weighted by atomic mass is 16.5. The molecule has 0 saturated carbocycles. The molecule has 0 radical (unpaired) electrons. The van der Waals surface area contributed by atoms with E-state index in [-0.39, 0.29) is 5.56 Å². The average molecular weight is 358 g/mol. The fraction of sp³-hybridized carbons (Fsp3) is 0.0952. The van der Waals surface area contributed by atoms with Gasteiger partial charge in [0.1, 0.15) is 5.75 Å². The number of nitrogens with zero attached hydrogens (tertiary/aromatic N) is 4. The fourth-order valence-corrected chi connectivity index (χ4v) is 2.92. The predicted molar refractivity (Wildman–Crippen MR) is 105 cm³/mol. The summed E-state index contributed by atoms with van der Waals surface area (Å²) in [6.45, 7) is 0.549. The summed E-state index contributed by atoms with van der Waals surface area (Å²) in [6, 6.07) is 15.0. The van der Waals surface area contributed by atoms with Crippen molar-refractivity contribution in [2.45, 2.75) is 6.54 Å². The van der Waals surface area contributed by atoms with Gasteiger partial charge in [0, 0.05) is 30.7 Å². The molecule has 6 nitrogen and oxygen atoms in total. The van der Waals surface area contributed by atoms with Crippen molar-refractivity contribution in [1.29, 1.82) is 0 Å². The normalized spacial score (nSPS) is 11.3. The fourth-order valence-electron chi connectivity index (χ4n) is 2.92. The van der Waals surface area contributed by atoms with Gasteiger partial charge in [0.2, 0.25) is 0 Å². The van der Waals surface area contributed by atoms with E-state index < -0.39 is 0 Å². The number of rotatable bonds is 5. The second-order valence-electron chi connectivity index (χ2n) is 6.07. The number of hydrogen-bond donors (Lipinski definition) is 0. The lowest BCUT2D eigenvalue weighted by molar-refractivity contribution is 0.414. The summed E-state index contributed by atoms with van der Waals surface area (Å²) in [4.78, 5) is 21.3. The molecule has 6 heteroatoms. The molecule has 0 saturated heterocycles. The standard InChI is InChI=1S/C21H18N4O2/c1-27-19-6-2-4-17(12-19)15-24-11-9-20-23-18(13-21(26)25(20)24)8-7-16-5-3-10-22-14-16/h2-14H,15H2,1H3/b8-7+. The van der Waals surface area contributed by atoms with Crippen LogP contribution < -0.4 is 10.3 Å². The molecule has 0 bridgehead atoms. The van der Waals surface area contributed by atoms with E-state index in [1.165, 1.54) is 6.07 Å². The zero-order chi connectivity index (χ0) is 18.6. The minimum atomic E-state index is -0.126. The van der Waals surface area contributed by atoms with Gasteiger partial charge in [-0.25, -0.2) is 4.98 Å². The Balaban J connectivity index is 1.65. The summed E-state index contributed by atoms with van der Waals surface area (Å²) in [6.07, 6.45) is 9.04. The van der Waals surface area contributed by atoms with Crippen molar-refractivity contribution in [1.82, 2.24) is 19.2 Å². The van der Waals surface area contributed by atoms with Crippen LogP contribution in [-0.2, 0) is 6.54 Å². The molecule has 1 aromatic carbocycles. The molecule has 0 atom stereocenters. The molecule has 3 aromatic heterocycles. The second-order valence-corrected chi connectivity index (χ2v) is 6.07. The van der Waals surface area contributed by atoms with Crippen molar-refractivity contribution in [2.75, 3.05) is 7.11 Å². The topological polar surface area (TPSA) is 61.4 Å². The molecule has 3 heterocycles. The first kappa shape index (κ1) is 16.8.